The summed E-state index contributed by atoms with van der Waals surface area (Å²) in [5.74, 6) is 0. The molecule has 7 rings (SSSR count). The Labute approximate surface area is 241 Å². The second kappa shape index (κ2) is 8.60. The molecule has 0 saturated carbocycles. The molecule has 0 N–H and O–H groups in total. The number of fused-ring (bicyclic) bond motifs is 7. The van der Waals surface area contributed by atoms with Crippen molar-refractivity contribution in [2.75, 3.05) is 0 Å². The molecule has 0 spiro atoms. The lowest BCUT2D eigenvalue weighted by atomic mass is 9.84. The lowest BCUT2D eigenvalue weighted by Gasteiger charge is -2.27. The molecule has 0 aliphatic carbocycles. The number of para-hydroxylation sites is 1. The number of pyridine rings is 1. The zero-order valence-corrected chi connectivity index (χ0v) is 25.8. The van der Waals surface area contributed by atoms with Gasteiger partial charge in [0.1, 0.15) is 18.2 Å². The van der Waals surface area contributed by atoms with Gasteiger partial charge in [-0.25, -0.2) is 4.57 Å². The average Bonchev–Trinajstić information content (AvgIpc) is 3.26. The molecule has 6 aromatic rings. The summed E-state index contributed by atoms with van der Waals surface area (Å²) in [6, 6.07) is 20.4. The maximum absolute atomic E-state index is 6.70. The molecule has 0 fully saturated rings. The van der Waals surface area contributed by atoms with Gasteiger partial charge in [0.05, 0.1) is 10.9 Å². The molecule has 0 atom stereocenters. The number of furan rings is 1. The Morgan fingerprint density at radius 1 is 0.775 bits per heavy atom. The molecule has 1 aliphatic rings. The first-order valence-corrected chi connectivity index (χ1v) is 15.2. The van der Waals surface area contributed by atoms with Gasteiger partial charge in [-0.05, 0) is 70.0 Å². The zero-order valence-electron chi connectivity index (χ0n) is 25.0. The topological polar surface area (TPSA) is 17.0 Å². The van der Waals surface area contributed by atoms with Crippen LogP contribution in [0.5, 0.6) is 0 Å². The van der Waals surface area contributed by atoms with Crippen LogP contribution in [0, 0.1) is 17.8 Å². The molecular formula is C37H38NOS+. The van der Waals surface area contributed by atoms with Gasteiger partial charge in [0, 0.05) is 32.2 Å². The predicted octanol–water partition coefficient (Wildman–Crippen LogP) is 10.3. The van der Waals surface area contributed by atoms with Gasteiger partial charge in [-0.1, -0.05) is 89.7 Å². The van der Waals surface area contributed by atoms with Gasteiger partial charge in [-0.2, -0.15) is 0 Å². The van der Waals surface area contributed by atoms with Crippen molar-refractivity contribution in [3.05, 3.63) is 77.5 Å². The lowest BCUT2D eigenvalue weighted by Crippen LogP contribution is -2.32. The second-order valence-electron chi connectivity index (χ2n) is 14.2. The van der Waals surface area contributed by atoms with Crippen LogP contribution in [0.15, 0.2) is 75.0 Å². The fourth-order valence-corrected chi connectivity index (χ4v) is 8.22. The summed E-state index contributed by atoms with van der Waals surface area (Å²) in [6.45, 7) is 16.3. The first kappa shape index (κ1) is 25.7. The van der Waals surface area contributed by atoms with E-state index in [1.165, 1.54) is 70.1 Å². The minimum Gasteiger partial charge on any atom is -0.456 e. The quantitative estimate of drug-likeness (QED) is 0.159. The smallest absolute Gasteiger partial charge is 0.222 e. The number of hydrogen-bond acceptors (Lipinski definition) is 2. The third kappa shape index (κ3) is 3.96. The Bertz CT molecular complexity index is 2010. The fourth-order valence-electron chi connectivity index (χ4n) is 6.76. The minimum absolute atomic E-state index is 0.116. The molecule has 1 aliphatic heterocycles. The number of nitrogens with zero attached hydrogens (tertiary/aromatic N) is 1. The van der Waals surface area contributed by atoms with E-state index in [1.807, 2.05) is 11.8 Å². The monoisotopic (exact) mass is 544 g/mol. The van der Waals surface area contributed by atoms with Crippen molar-refractivity contribution in [1.82, 2.24) is 0 Å². The summed E-state index contributed by atoms with van der Waals surface area (Å²) < 4.78 is 9.04. The van der Waals surface area contributed by atoms with E-state index in [9.17, 15) is 0 Å². The normalized spacial score (nSPS) is 13.6. The van der Waals surface area contributed by atoms with E-state index in [2.05, 4.69) is 121 Å². The highest BCUT2D eigenvalue weighted by molar-refractivity contribution is 8.00. The van der Waals surface area contributed by atoms with Crippen molar-refractivity contribution in [3.63, 3.8) is 0 Å². The van der Waals surface area contributed by atoms with Crippen LogP contribution in [0.2, 0.25) is 0 Å². The third-order valence-electron chi connectivity index (χ3n) is 8.26. The lowest BCUT2D eigenvalue weighted by molar-refractivity contribution is -0.659. The van der Waals surface area contributed by atoms with Gasteiger partial charge < -0.3 is 4.42 Å². The second-order valence-corrected chi connectivity index (χ2v) is 15.2. The van der Waals surface area contributed by atoms with Crippen LogP contribution in [0.4, 0.5) is 0 Å². The van der Waals surface area contributed by atoms with Gasteiger partial charge in [0.25, 0.3) is 0 Å². The van der Waals surface area contributed by atoms with Crippen molar-refractivity contribution in [3.8, 4) is 11.3 Å². The molecule has 202 valence electrons. The van der Waals surface area contributed by atoms with Gasteiger partial charge in [-0.3, -0.25) is 0 Å². The number of benzene rings is 4. The summed E-state index contributed by atoms with van der Waals surface area (Å²) in [4.78, 5) is 2.74. The van der Waals surface area contributed by atoms with E-state index in [0.29, 0.717) is 0 Å². The standard InChI is InChI=1S/C37H38NOS/c1-21-29-26-11-9-10-12-28(26)39-33(29)27(20-37(5,6)7)35-30(21)32-31-23(15-16-38(32)8)18-24-17-22(19-36(2,3)4)13-14-25(24)34(31)40-35/h9-18H,19-20H2,1-8H3/q+1. The van der Waals surface area contributed by atoms with E-state index < -0.39 is 0 Å². The molecule has 0 bridgehead atoms. The van der Waals surface area contributed by atoms with E-state index in [0.717, 1.165) is 24.0 Å². The molecule has 0 amide bonds. The van der Waals surface area contributed by atoms with Crippen LogP contribution < -0.4 is 4.57 Å². The van der Waals surface area contributed by atoms with Gasteiger partial charge in [0.2, 0.25) is 5.69 Å². The molecule has 2 aromatic heterocycles. The maximum atomic E-state index is 6.70. The van der Waals surface area contributed by atoms with E-state index in [4.69, 9.17) is 4.42 Å². The summed E-state index contributed by atoms with van der Waals surface area (Å²) in [7, 11) is 2.20. The Morgan fingerprint density at radius 3 is 2.27 bits per heavy atom. The van der Waals surface area contributed by atoms with Crippen molar-refractivity contribution in [1.29, 1.82) is 0 Å². The van der Waals surface area contributed by atoms with Crippen molar-refractivity contribution >= 4 is 55.2 Å². The molecular weight excluding hydrogens is 506 g/mol. The third-order valence-corrected chi connectivity index (χ3v) is 9.54. The van der Waals surface area contributed by atoms with Crippen LogP contribution in [-0.4, -0.2) is 0 Å². The fraction of sp³-hybridized carbons (Fsp3) is 0.324. The summed E-state index contributed by atoms with van der Waals surface area (Å²) in [6.07, 6.45) is 4.27. The molecule has 4 aromatic carbocycles. The SMILES string of the molecule is Cc1c2c(c(CC(C)(C)C)c3oc4ccccc4c13)Sc1c3ccc(CC(C)(C)C)cc3cc3cc[n+](C)c-2c13. The molecule has 3 heteroatoms. The van der Waals surface area contributed by atoms with Crippen LogP contribution in [-0.2, 0) is 19.9 Å². The minimum atomic E-state index is 0.116. The highest BCUT2D eigenvalue weighted by atomic mass is 32.2. The number of rotatable bonds is 2. The molecule has 0 saturated heterocycles. The van der Waals surface area contributed by atoms with E-state index in [-0.39, 0.29) is 10.8 Å². The molecule has 3 heterocycles. The Kier molecular flexibility index (Phi) is 5.52. The highest BCUT2D eigenvalue weighted by Crippen LogP contribution is 2.55. The van der Waals surface area contributed by atoms with E-state index >= 15 is 0 Å². The van der Waals surface area contributed by atoms with Crippen LogP contribution >= 0.6 is 11.8 Å². The maximum Gasteiger partial charge on any atom is 0.222 e. The van der Waals surface area contributed by atoms with Crippen molar-refractivity contribution in [2.45, 2.75) is 71.1 Å². The first-order valence-electron chi connectivity index (χ1n) is 14.4. The average molecular weight is 545 g/mol. The highest BCUT2D eigenvalue weighted by Gasteiger charge is 2.35. The van der Waals surface area contributed by atoms with Gasteiger partial charge in [0.15, 0.2) is 6.20 Å². The van der Waals surface area contributed by atoms with Crippen LogP contribution in [0.1, 0.15) is 58.2 Å². The summed E-state index contributed by atoms with van der Waals surface area (Å²) >= 11 is 1.97. The van der Waals surface area contributed by atoms with Gasteiger partial charge in [-0.15, -0.1) is 0 Å². The first-order chi connectivity index (χ1) is 18.9. The molecule has 0 unspecified atom stereocenters. The van der Waals surface area contributed by atoms with Crippen molar-refractivity contribution < 1.29 is 8.98 Å². The van der Waals surface area contributed by atoms with Crippen LogP contribution in [0.3, 0.4) is 0 Å². The molecule has 2 nitrogen and oxygen atoms in total. The van der Waals surface area contributed by atoms with Gasteiger partial charge >= 0.3 is 0 Å². The Hall–Kier alpha value is -3.30. The number of aryl methyl sites for hydroxylation is 2. The summed E-state index contributed by atoms with van der Waals surface area (Å²) in [5, 5.41) is 7.84. The van der Waals surface area contributed by atoms with Crippen molar-refractivity contribution in [2.24, 2.45) is 17.9 Å². The van der Waals surface area contributed by atoms with Crippen LogP contribution in [0.25, 0.3) is 54.7 Å². The zero-order chi connectivity index (χ0) is 28.1. The molecule has 0 radical (unpaired) electrons. The number of aromatic nitrogens is 1. The number of hydrogen-bond donors (Lipinski definition) is 0. The predicted molar refractivity (Wildman–Crippen MR) is 171 cm³/mol. The Morgan fingerprint density at radius 2 is 1.52 bits per heavy atom. The molecule has 40 heavy (non-hydrogen) atoms. The Balaban J connectivity index is 1.61. The summed E-state index contributed by atoms with van der Waals surface area (Å²) in [5.41, 5.74) is 9.15. The largest absolute Gasteiger partial charge is 0.456 e. The van der Waals surface area contributed by atoms with E-state index in [1.54, 1.807) is 0 Å².